The molecule has 1 aromatic heterocycles. The Morgan fingerprint density at radius 2 is 1.71 bits per heavy atom. The van der Waals surface area contributed by atoms with Crippen LogP contribution < -0.4 is 0 Å². The summed E-state index contributed by atoms with van der Waals surface area (Å²) in [6.07, 6.45) is 6.28. The molecule has 0 N–H and O–H groups in total. The third-order valence-electron chi connectivity index (χ3n) is 2.22. The standard InChI is InChI=1S/C11H17NS2/c1-7(2)9-6-12-8(3)10(13-4)11(9)14-5/h6-7H,1-5H3. The van der Waals surface area contributed by atoms with E-state index in [-0.39, 0.29) is 0 Å². The highest BCUT2D eigenvalue weighted by atomic mass is 32.2. The maximum Gasteiger partial charge on any atom is 0.0519 e. The minimum absolute atomic E-state index is 0.552. The van der Waals surface area contributed by atoms with Crippen molar-refractivity contribution < 1.29 is 0 Å². The molecule has 0 atom stereocenters. The molecule has 1 rings (SSSR count). The van der Waals surface area contributed by atoms with Gasteiger partial charge in [0.25, 0.3) is 0 Å². The summed E-state index contributed by atoms with van der Waals surface area (Å²) in [7, 11) is 0. The Hall–Kier alpha value is -0.150. The average molecular weight is 227 g/mol. The second-order valence-corrected chi connectivity index (χ2v) is 5.15. The molecule has 0 saturated carbocycles. The van der Waals surface area contributed by atoms with Crippen LogP contribution in [0.3, 0.4) is 0 Å². The van der Waals surface area contributed by atoms with E-state index in [0.29, 0.717) is 5.92 Å². The fourth-order valence-corrected chi connectivity index (χ4v) is 3.45. The van der Waals surface area contributed by atoms with Crippen molar-refractivity contribution in [2.45, 2.75) is 36.5 Å². The van der Waals surface area contributed by atoms with Crippen LogP contribution in [-0.4, -0.2) is 17.5 Å². The van der Waals surface area contributed by atoms with E-state index in [2.05, 4.69) is 38.3 Å². The molecule has 1 nitrogen and oxygen atoms in total. The van der Waals surface area contributed by atoms with Gasteiger partial charge >= 0.3 is 0 Å². The predicted octanol–water partition coefficient (Wildman–Crippen LogP) is 3.96. The Balaban J connectivity index is 3.33. The summed E-state index contributed by atoms with van der Waals surface area (Å²) in [6, 6.07) is 0. The van der Waals surface area contributed by atoms with E-state index in [1.165, 1.54) is 15.4 Å². The number of rotatable bonds is 3. The molecule has 0 aromatic carbocycles. The molecule has 0 radical (unpaired) electrons. The van der Waals surface area contributed by atoms with Crippen LogP contribution in [0.25, 0.3) is 0 Å². The molecule has 0 unspecified atom stereocenters. The van der Waals surface area contributed by atoms with E-state index in [1.54, 1.807) is 11.8 Å². The summed E-state index contributed by atoms with van der Waals surface area (Å²) >= 11 is 3.62. The van der Waals surface area contributed by atoms with Gasteiger partial charge in [0.05, 0.1) is 5.69 Å². The molecule has 1 aromatic rings. The van der Waals surface area contributed by atoms with Crippen molar-refractivity contribution in [1.29, 1.82) is 0 Å². The van der Waals surface area contributed by atoms with E-state index >= 15 is 0 Å². The highest BCUT2D eigenvalue weighted by Gasteiger charge is 2.13. The summed E-state index contributed by atoms with van der Waals surface area (Å²) in [4.78, 5) is 7.19. The first-order valence-electron chi connectivity index (χ1n) is 4.69. The molecule has 0 aliphatic carbocycles. The molecular formula is C11H17NS2. The number of pyridine rings is 1. The lowest BCUT2D eigenvalue weighted by molar-refractivity contribution is 0.809. The summed E-state index contributed by atoms with van der Waals surface area (Å²) < 4.78 is 0. The van der Waals surface area contributed by atoms with Crippen molar-refractivity contribution in [3.8, 4) is 0 Å². The van der Waals surface area contributed by atoms with Crippen LogP contribution in [0.5, 0.6) is 0 Å². The minimum Gasteiger partial charge on any atom is -0.260 e. The average Bonchev–Trinajstić information content (AvgIpc) is 2.16. The SMILES string of the molecule is CSc1c(C(C)C)cnc(C)c1SC. The van der Waals surface area contributed by atoms with Gasteiger partial charge in [-0.15, -0.1) is 23.5 Å². The zero-order valence-corrected chi connectivity index (χ0v) is 11.1. The van der Waals surface area contributed by atoms with Crippen molar-refractivity contribution in [1.82, 2.24) is 4.98 Å². The summed E-state index contributed by atoms with van der Waals surface area (Å²) in [5.74, 6) is 0.552. The van der Waals surface area contributed by atoms with Crippen LogP contribution in [0, 0.1) is 6.92 Å². The van der Waals surface area contributed by atoms with Gasteiger partial charge < -0.3 is 0 Å². The number of hydrogen-bond donors (Lipinski definition) is 0. The van der Waals surface area contributed by atoms with Gasteiger partial charge in [-0.2, -0.15) is 0 Å². The van der Waals surface area contributed by atoms with Gasteiger partial charge in [-0.3, -0.25) is 4.98 Å². The summed E-state index contributed by atoms with van der Waals surface area (Å²) in [6.45, 7) is 6.52. The number of hydrogen-bond acceptors (Lipinski definition) is 3. The van der Waals surface area contributed by atoms with Gasteiger partial charge in [-0.1, -0.05) is 13.8 Å². The fraction of sp³-hybridized carbons (Fsp3) is 0.545. The highest BCUT2D eigenvalue weighted by Crippen LogP contribution is 2.35. The smallest absolute Gasteiger partial charge is 0.0519 e. The monoisotopic (exact) mass is 227 g/mol. The first kappa shape index (κ1) is 11.9. The largest absolute Gasteiger partial charge is 0.260 e. The molecule has 1 heterocycles. The molecule has 0 saturated heterocycles. The molecule has 14 heavy (non-hydrogen) atoms. The van der Waals surface area contributed by atoms with Gasteiger partial charge in [0.2, 0.25) is 0 Å². The first-order chi connectivity index (χ1) is 6.61. The zero-order chi connectivity index (χ0) is 10.7. The quantitative estimate of drug-likeness (QED) is 0.726. The van der Waals surface area contributed by atoms with Crippen molar-refractivity contribution in [3.63, 3.8) is 0 Å². The van der Waals surface area contributed by atoms with E-state index in [4.69, 9.17) is 0 Å². The van der Waals surface area contributed by atoms with Gasteiger partial charge in [0.1, 0.15) is 0 Å². The van der Waals surface area contributed by atoms with Gasteiger partial charge in [-0.25, -0.2) is 0 Å². The van der Waals surface area contributed by atoms with Crippen molar-refractivity contribution >= 4 is 23.5 Å². The van der Waals surface area contributed by atoms with Gasteiger partial charge in [-0.05, 0) is 30.9 Å². The molecular weight excluding hydrogens is 210 g/mol. The molecule has 3 heteroatoms. The number of aromatic nitrogens is 1. The molecule has 0 aliphatic rings. The maximum atomic E-state index is 4.45. The Morgan fingerprint density at radius 1 is 1.14 bits per heavy atom. The lowest BCUT2D eigenvalue weighted by Gasteiger charge is -2.15. The number of aryl methyl sites for hydroxylation is 1. The Morgan fingerprint density at radius 3 is 2.14 bits per heavy atom. The van der Waals surface area contributed by atoms with Crippen LogP contribution >= 0.6 is 23.5 Å². The van der Waals surface area contributed by atoms with Crippen molar-refractivity contribution in [2.24, 2.45) is 0 Å². The zero-order valence-electron chi connectivity index (χ0n) is 9.42. The van der Waals surface area contributed by atoms with E-state index in [0.717, 1.165) is 5.69 Å². The molecule has 0 spiro atoms. The first-order valence-corrected chi connectivity index (χ1v) is 7.14. The number of thioether (sulfide) groups is 2. The Kier molecular flexibility index (Phi) is 4.32. The van der Waals surface area contributed by atoms with Gasteiger partial charge in [0, 0.05) is 16.0 Å². The van der Waals surface area contributed by atoms with Crippen LogP contribution in [0.2, 0.25) is 0 Å². The Labute approximate surface area is 95.1 Å². The minimum atomic E-state index is 0.552. The summed E-state index contributed by atoms with van der Waals surface area (Å²) in [5, 5.41) is 0. The maximum absolute atomic E-state index is 4.45. The highest BCUT2D eigenvalue weighted by molar-refractivity contribution is 8.01. The molecule has 0 amide bonds. The van der Waals surface area contributed by atoms with Crippen LogP contribution in [0.15, 0.2) is 16.0 Å². The van der Waals surface area contributed by atoms with Gasteiger partial charge in [0.15, 0.2) is 0 Å². The normalized spacial score (nSPS) is 11.0. The molecule has 78 valence electrons. The lowest BCUT2D eigenvalue weighted by atomic mass is 10.1. The second-order valence-electron chi connectivity index (χ2n) is 3.52. The van der Waals surface area contributed by atoms with Crippen LogP contribution in [0.4, 0.5) is 0 Å². The van der Waals surface area contributed by atoms with E-state index in [1.807, 2.05) is 18.0 Å². The topological polar surface area (TPSA) is 12.9 Å². The molecule has 0 aliphatic heterocycles. The Bertz CT molecular complexity index is 321. The van der Waals surface area contributed by atoms with E-state index < -0.39 is 0 Å². The third kappa shape index (κ3) is 2.26. The molecule has 0 fully saturated rings. The fourth-order valence-electron chi connectivity index (χ4n) is 1.44. The van der Waals surface area contributed by atoms with Crippen LogP contribution in [0.1, 0.15) is 31.0 Å². The second kappa shape index (κ2) is 5.08. The van der Waals surface area contributed by atoms with E-state index in [9.17, 15) is 0 Å². The van der Waals surface area contributed by atoms with Crippen molar-refractivity contribution in [2.75, 3.05) is 12.5 Å². The van der Waals surface area contributed by atoms with Crippen molar-refractivity contribution in [3.05, 3.63) is 17.5 Å². The third-order valence-corrected chi connectivity index (χ3v) is 4.11. The lowest BCUT2D eigenvalue weighted by Crippen LogP contribution is -1.97. The van der Waals surface area contributed by atoms with Crippen LogP contribution in [-0.2, 0) is 0 Å². The summed E-state index contributed by atoms with van der Waals surface area (Å²) in [5.41, 5.74) is 2.51. The predicted molar refractivity (Wildman–Crippen MR) is 66.6 cm³/mol. The molecule has 0 bridgehead atoms. The number of nitrogens with zero attached hydrogens (tertiary/aromatic N) is 1.